The molecule has 2 atom stereocenters. The summed E-state index contributed by atoms with van der Waals surface area (Å²) in [6.07, 6.45) is -1.26. The lowest BCUT2D eigenvalue weighted by Gasteiger charge is -2.44. The first-order chi connectivity index (χ1) is 14.7. The molecule has 2 fully saturated rings. The number of esters is 1. The number of hydrogen-bond acceptors (Lipinski definition) is 9. The van der Waals surface area contributed by atoms with E-state index in [2.05, 4.69) is 10.6 Å². The highest BCUT2D eigenvalue weighted by molar-refractivity contribution is 8.13. The summed E-state index contributed by atoms with van der Waals surface area (Å²) in [5.74, 6) is -2.70. The molecule has 2 aliphatic heterocycles. The molecule has 182 valence electrons. The van der Waals surface area contributed by atoms with Gasteiger partial charge >= 0.3 is 5.97 Å². The molecule has 0 aromatic carbocycles. The molecule has 2 N–H and O–H groups in total. The highest BCUT2D eigenvalue weighted by atomic mass is 32.2. The van der Waals surface area contributed by atoms with Gasteiger partial charge in [-0.2, -0.15) is 0 Å². The van der Waals surface area contributed by atoms with E-state index in [-0.39, 0.29) is 48.6 Å². The van der Waals surface area contributed by atoms with Crippen LogP contribution in [0, 0.1) is 5.41 Å². The van der Waals surface area contributed by atoms with E-state index in [1.165, 1.54) is 0 Å². The maximum absolute atomic E-state index is 12.5. The van der Waals surface area contributed by atoms with Crippen LogP contribution in [0.15, 0.2) is 0 Å². The lowest BCUT2D eigenvalue weighted by molar-refractivity contribution is -0.304. The number of rotatable bonds is 9. The van der Waals surface area contributed by atoms with E-state index in [0.717, 1.165) is 11.8 Å². The molecule has 32 heavy (non-hydrogen) atoms. The highest BCUT2D eigenvalue weighted by Crippen LogP contribution is 2.34. The first kappa shape index (κ1) is 26.6. The van der Waals surface area contributed by atoms with Crippen LogP contribution in [0.5, 0.6) is 0 Å². The minimum atomic E-state index is -0.975. The molecule has 0 spiro atoms. The number of thioether (sulfide) groups is 1. The second-order valence-corrected chi connectivity index (χ2v) is 10.5. The van der Waals surface area contributed by atoms with Crippen molar-refractivity contribution in [2.75, 3.05) is 25.4 Å². The molecule has 1 unspecified atom stereocenters. The van der Waals surface area contributed by atoms with Gasteiger partial charge < -0.3 is 29.6 Å². The van der Waals surface area contributed by atoms with Gasteiger partial charge in [-0.3, -0.25) is 14.4 Å². The van der Waals surface area contributed by atoms with Crippen molar-refractivity contribution in [2.45, 2.75) is 78.2 Å². The van der Waals surface area contributed by atoms with Crippen LogP contribution < -0.4 is 10.6 Å². The minimum Gasteiger partial charge on any atom is -0.432 e. The lowest BCUT2D eigenvalue weighted by Crippen LogP contribution is -2.56. The van der Waals surface area contributed by atoms with Crippen LogP contribution in [-0.2, 0) is 38.1 Å². The zero-order valence-electron chi connectivity index (χ0n) is 19.6. The van der Waals surface area contributed by atoms with E-state index in [1.54, 1.807) is 27.7 Å². The predicted molar refractivity (Wildman–Crippen MR) is 116 cm³/mol. The average molecular weight is 475 g/mol. The third-order valence-electron chi connectivity index (χ3n) is 4.87. The monoisotopic (exact) mass is 474 g/mol. The molecule has 0 aromatic rings. The largest absolute Gasteiger partial charge is 0.432 e. The fourth-order valence-electron chi connectivity index (χ4n) is 3.17. The van der Waals surface area contributed by atoms with Gasteiger partial charge in [0, 0.05) is 50.9 Å². The third kappa shape index (κ3) is 8.02. The van der Waals surface area contributed by atoms with Crippen molar-refractivity contribution < 1.29 is 38.1 Å². The molecule has 2 saturated heterocycles. The predicted octanol–water partition coefficient (Wildman–Crippen LogP) is 1.11. The Morgan fingerprint density at radius 3 is 2.25 bits per heavy atom. The number of hydrogen-bond donors (Lipinski definition) is 2. The van der Waals surface area contributed by atoms with Crippen molar-refractivity contribution in [1.82, 2.24) is 10.6 Å². The highest BCUT2D eigenvalue weighted by Gasteiger charge is 2.45. The second kappa shape index (κ2) is 10.5. The molecule has 0 saturated carbocycles. The number of amides is 2. The number of ether oxygens (including phenoxy) is 4. The zero-order valence-corrected chi connectivity index (χ0v) is 20.4. The maximum Gasteiger partial charge on any atom is 0.338 e. The Labute approximate surface area is 192 Å². The van der Waals surface area contributed by atoms with Gasteiger partial charge in [0.1, 0.15) is 6.10 Å². The lowest BCUT2D eigenvalue weighted by atomic mass is 9.85. The van der Waals surface area contributed by atoms with Crippen molar-refractivity contribution in [1.29, 1.82) is 0 Å². The SMILES string of the molecule is CC1(C)OC(=O)C(CSC(=O)CCNC(=O)CCNC(=O)[C@@H]2OC(C)(C)OCC2(C)C)O1. The van der Waals surface area contributed by atoms with Gasteiger partial charge in [-0.1, -0.05) is 25.6 Å². The summed E-state index contributed by atoms with van der Waals surface area (Å²) in [4.78, 5) is 48.1. The number of carbonyl (C=O) groups excluding carboxylic acids is 4. The quantitative estimate of drug-likeness (QED) is 0.472. The van der Waals surface area contributed by atoms with Crippen molar-refractivity contribution in [3.63, 3.8) is 0 Å². The molecular formula is C21H34N2O8S. The number of carbonyl (C=O) groups is 4. The fourth-order valence-corrected chi connectivity index (χ4v) is 3.96. The summed E-state index contributed by atoms with van der Waals surface area (Å²) in [5, 5.41) is 5.21. The van der Waals surface area contributed by atoms with E-state index in [0.29, 0.717) is 6.61 Å². The summed E-state index contributed by atoms with van der Waals surface area (Å²) >= 11 is 0.970. The van der Waals surface area contributed by atoms with E-state index in [4.69, 9.17) is 18.9 Å². The molecule has 0 bridgehead atoms. The summed E-state index contributed by atoms with van der Waals surface area (Å²) < 4.78 is 21.8. The Kier molecular flexibility index (Phi) is 8.71. The molecular weight excluding hydrogens is 440 g/mol. The first-order valence-electron chi connectivity index (χ1n) is 10.6. The van der Waals surface area contributed by atoms with Crippen LogP contribution in [0.1, 0.15) is 54.4 Å². The van der Waals surface area contributed by atoms with Gasteiger partial charge in [0.2, 0.25) is 17.6 Å². The van der Waals surface area contributed by atoms with Gasteiger partial charge in [0.05, 0.1) is 6.61 Å². The molecule has 2 amide bonds. The number of nitrogens with one attached hydrogen (secondary N) is 2. The zero-order chi connectivity index (χ0) is 24.2. The second-order valence-electron chi connectivity index (χ2n) is 9.43. The summed E-state index contributed by atoms with van der Waals surface area (Å²) in [5.41, 5.74) is -0.490. The van der Waals surface area contributed by atoms with Gasteiger partial charge in [-0.25, -0.2) is 4.79 Å². The smallest absolute Gasteiger partial charge is 0.338 e. The fraction of sp³-hybridized carbons (Fsp3) is 0.810. The minimum absolute atomic E-state index is 0.0803. The molecule has 11 heteroatoms. The molecule has 0 radical (unpaired) electrons. The van der Waals surface area contributed by atoms with E-state index < -0.39 is 35.2 Å². The molecule has 2 heterocycles. The molecule has 10 nitrogen and oxygen atoms in total. The standard InChI is InChI=1S/C21H34N2O8S/c1-19(2)12-28-20(3,4)30-16(19)17(26)23-9-7-14(24)22-10-8-15(25)32-11-13-18(27)31-21(5,6)29-13/h13,16H,7-12H2,1-6H3,(H,22,24)(H,23,26)/t13?,16-/m0/s1. The Morgan fingerprint density at radius 2 is 1.62 bits per heavy atom. The van der Waals surface area contributed by atoms with Crippen LogP contribution in [0.25, 0.3) is 0 Å². The van der Waals surface area contributed by atoms with Gasteiger partial charge in [-0.15, -0.1) is 0 Å². The van der Waals surface area contributed by atoms with Gasteiger partial charge in [0.25, 0.3) is 0 Å². The summed E-state index contributed by atoms with van der Waals surface area (Å²) in [7, 11) is 0. The molecule has 0 aromatic heterocycles. The van der Waals surface area contributed by atoms with Crippen LogP contribution in [-0.4, -0.2) is 72.1 Å². The Morgan fingerprint density at radius 1 is 0.969 bits per heavy atom. The number of cyclic esters (lactones) is 1. The van der Waals surface area contributed by atoms with Crippen LogP contribution in [0.4, 0.5) is 0 Å². The maximum atomic E-state index is 12.5. The molecule has 2 aliphatic rings. The Bertz CT molecular complexity index is 737. The first-order valence-corrected chi connectivity index (χ1v) is 11.6. The van der Waals surface area contributed by atoms with Crippen LogP contribution in [0.2, 0.25) is 0 Å². The van der Waals surface area contributed by atoms with Crippen molar-refractivity contribution in [3.05, 3.63) is 0 Å². The average Bonchev–Trinajstić information content (AvgIpc) is 2.93. The molecule has 0 aliphatic carbocycles. The van der Waals surface area contributed by atoms with Crippen molar-refractivity contribution in [2.24, 2.45) is 5.41 Å². The van der Waals surface area contributed by atoms with E-state index in [9.17, 15) is 19.2 Å². The van der Waals surface area contributed by atoms with Crippen molar-refractivity contribution in [3.8, 4) is 0 Å². The van der Waals surface area contributed by atoms with Gasteiger partial charge in [0.15, 0.2) is 17.0 Å². The van der Waals surface area contributed by atoms with Crippen LogP contribution >= 0.6 is 11.8 Å². The topological polar surface area (TPSA) is 129 Å². The Balaban J connectivity index is 1.61. The Hall–Kier alpha value is -1.69. The normalized spacial score (nSPS) is 25.6. The third-order valence-corrected chi connectivity index (χ3v) is 5.87. The molecule has 2 rings (SSSR count). The summed E-state index contributed by atoms with van der Waals surface area (Å²) in [6, 6.07) is 0. The van der Waals surface area contributed by atoms with Gasteiger partial charge in [-0.05, 0) is 13.8 Å². The van der Waals surface area contributed by atoms with E-state index >= 15 is 0 Å². The van der Waals surface area contributed by atoms with E-state index in [1.807, 2.05) is 13.8 Å². The van der Waals surface area contributed by atoms with Crippen LogP contribution in [0.3, 0.4) is 0 Å². The summed E-state index contributed by atoms with van der Waals surface area (Å²) in [6.45, 7) is 11.3. The van der Waals surface area contributed by atoms with Crippen molar-refractivity contribution >= 4 is 34.7 Å².